The van der Waals surface area contributed by atoms with Crippen LogP contribution in [0.3, 0.4) is 0 Å². The third kappa shape index (κ3) is 3.07. The molecule has 0 spiro atoms. The van der Waals surface area contributed by atoms with E-state index in [9.17, 15) is 9.59 Å². The number of benzene rings is 2. The van der Waals surface area contributed by atoms with Crippen molar-refractivity contribution in [2.24, 2.45) is 17.8 Å². The highest BCUT2D eigenvalue weighted by atomic mass is 35.5. The lowest BCUT2D eigenvalue weighted by molar-refractivity contribution is -0.712. The van der Waals surface area contributed by atoms with Gasteiger partial charge in [0.25, 0.3) is 0 Å². The molecule has 2 aliphatic rings. The lowest BCUT2D eigenvalue weighted by Crippen LogP contribution is -2.89. The molecule has 27 heavy (non-hydrogen) atoms. The fourth-order valence-electron chi connectivity index (χ4n) is 4.69. The molecule has 2 aromatic carbocycles. The smallest absolute Gasteiger partial charge is 0.244 e. The molecule has 4 rings (SSSR count). The Bertz CT molecular complexity index is 868. The number of anilines is 1. The van der Waals surface area contributed by atoms with Crippen molar-refractivity contribution in [1.29, 1.82) is 0 Å². The van der Waals surface area contributed by atoms with Gasteiger partial charge in [-0.25, -0.2) is 4.90 Å². The van der Waals surface area contributed by atoms with Gasteiger partial charge in [0.1, 0.15) is 17.9 Å². The number of quaternary nitrogens is 1. The van der Waals surface area contributed by atoms with E-state index in [4.69, 9.17) is 11.6 Å². The topological polar surface area (TPSA) is 54.0 Å². The molecule has 2 heterocycles. The number of halogens is 1. The number of nitrogens with two attached hydrogens (primary N) is 1. The Morgan fingerprint density at radius 1 is 0.963 bits per heavy atom. The molecule has 4 atom stereocenters. The van der Waals surface area contributed by atoms with Crippen molar-refractivity contribution >= 4 is 29.1 Å². The summed E-state index contributed by atoms with van der Waals surface area (Å²) in [4.78, 5) is 28.1. The van der Waals surface area contributed by atoms with Gasteiger partial charge in [-0.2, -0.15) is 0 Å². The Hall–Kier alpha value is -2.17. The minimum atomic E-state index is -0.374. The molecular weight excluding hydrogens is 360 g/mol. The number of imide groups is 1. The van der Waals surface area contributed by atoms with Crippen LogP contribution in [0.2, 0.25) is 5.02 Å². The van der Waals surface area contributed by atoms with E-state index in [1.165, 1.54) is 4.90 Å². The molecular formula is C22H24ClN2O2+. The van der Waals surface area contributed by atoms with Gasteiger partial charge in [0, 0.05) is 17.0 Å². The quantitative estimate of drug-likeness (QED) is 0.824. The van der Waals surface area contributed by atoms with Crippen LogP contribution in [0.25, 0.3) is 0 Å². The maximum Gasteiger partial charge on any atom is 0.244 e. The van der Waals surface area contributed by atoms with E-state index in [-0.39, 0.29) is 35.7 Å². The first-order valence-electron chi connectivity index (χ1n) is 9.51. The molecule has 0 aliphatic carbocycles. The molecule has 2 aromatic rings. The van der Waals surface area contributed by atoms with Crippen LogP contribution in [0, 0.1) is 17.8 Å². The molecule has 2 aliphatic heterocycles. The van der Waals surface area contributed by atoms with Gasteiger partial charge in [0.2, 0.25) is 11.8 Å². The summed E-state index contributed by atoms with van der Waals surface area (Å²) >= 11 is 6.46. The van der Waals surface area contributed by atoms with Gasteiger partial charge in [0.05, 0.1) is 11.7 Å². The molecule has 2 amide bonds. The van der Waals surface area contributed by atoms with Crippen LogP contribution in [0.15, 0.2) is 54.6 Å². The fraction of sp³-hybridized carbons (Fsp3) is 0.364. The molecule has 0 radical (unpaired) electrons. The Balaban J connectivity index is 1.76. The normalized spacial score (nSPS) is 27.5. The molecule has 5 heteroatoms. The van der Waals surface area contributed by atoms with Crippen LogP contribution in [0.4, 0.5) is 5.69 Å². The van der Waals surface area contributed by atoms with E-state index in [1.54, 1.807) is 0 Å². The second-order valence-electron chi connectivity index (χ2n) is 7.93. The third-order valence-electron chi connectivity index (χ3n) is 5.72. The number of hydrogen-bond donors (Lipinski definition) is 1. The molecule has 0 unspecified atom stereocenters. The highest BCUT2D eigenvalue weighted by molar-refractivity contribution is 6.31. The molecule has 0 saturated carbocycles. The average Bonchev–Trinajstić information content (AvgIpc) is 3.13. The van der Waals surface area contributed by atoms with Crippen LogP contribution < -0.4 is 10.2 Å². The van der Waals surface area contributed by atoms with E-state index in [0.29, 0.717) is 16.6 Å². The lowest BCUT2D eigenvalue weighted by atomic mass is 9.84. The van der Waals surface area contributed by atoms with Crippen molar-refractivity contribution in [2.75, 3.05) is 4.90 Å². The van der Waals surface area contributed by atoms with E-state index in [0.717, 1.165) is 12.0 Å². The summed E-state index contributed by atoms with van der Waals surface area (Å²) < 4.78 is 0. The van der Waals surface area contributed by atoms with Crippen LogP contribution in [0.1, 0.15) is 31.9 Å². The van der Waals surface area contributed by atoms with Crippen molar-refractivity contribution in [3.63, 3.8) is 0 Å². The average molecular weight is 384 g/mol. The largest absolute Gasteiger partial charge is 0.336 e. The first kappa shape index (κ1) is 18.2. The molecule has 2 N–H and O–H groups in total. The number of carbonyl (C=O) groups is 2. The Morgan fingerprint density at radius 3 is 2.26 bits per heavy atom. The first-order chi connectivity index (χ1) is 13.0. The van der Waals surface area contributed by atoms with Crippen LogP contribution in [0.5, 0.6) is 0 Å². The SMILES string of the molecule is CC(C)C[C@H]1[NH2+][C@@H](c2ccccc2Cl)[C@H]2C(=O)N(c3ccccc3)C(=O)[C@@H]21. The van der Waals surface area contributed by atoms with Gasteiger partial charge in [-0.15, -0.1) is 0 Å². The monoisotopic (exact) mass is 383 g/mol. The summed E-state index contributed by atoms with van der Waals surface area (Å²) in [5.74, 6) is -0.412. The van der Waals surface area contributed by atoms with Gasteiger partial charge >= 0.3 is 0 Å². The number of carbonyl (C=O) groups excluding carboxylic acids is 2. The highest BCUT2D eigenvalue weighted by Gasteiger charge is 2.62. The number of rotatable bonds is 4. The second kappa shape index (κ2) is 7.10. The van der Waals surface area contributed by atoms with Gasteiger partial charge in [-0.05, 0) is 24.1 Å². The Morgan fingerprint density at radius 2 is 1.59 bits per heavy atom. The van der Waals surface area contributed by atoms with Crippen LogP contribution in [-0.4, -0.2) is 17.9 Å². The van der Waals surface area contributed by atoms with Crippen molar-refractivity contribution < 1.29 is 14.9 Å². The Kier molecular flexibility index (Phi) is 4.79. The minimum Gasteiger partial charge on any atom is -0.336 e. The summed E-state index contributed by atoms with van der Waals surface area (Å²) in [5.41, 5.74) is 1.60. The fourth-order valence-corrected chi connectivity index (χ4v) is 4.95. The first-order valence-corrected chi connectivity index (χ1v) is 9.89. The third-order valence-corrected chi connectivity index (χ3v) is 6.07. The molecule has 0 aromatic heterocycles. The zero-order chi connectivity index (χ0) is 19.1. The van der Waals surface area contributed by atoms with Gasteiger partial charge in [-0.1, -0.05) is 61.8 Å². The summed E-state index contributed by atoms with van der Waals surface area (Å²) in [6.07, 6.45) is 0.893. The predicted molar refractivity (Wildman–Crippen MR) is 105 cm³/mol. The van der Waals surface area contributed by atoms with Crippen LogP contribution >= 0.6 is 11.6 Å². The van der Waals surface area contributed by atoms with Crippen molar-refractivity contribution in [2.45, 2.75) is 32.4 Å². The molecule has 2 fully saturated rings. The molecule has 2 saturated heterocycles. The van der Waals surface area contributed by atoms with Crippen molar-refractivity contribution in [3.05, 3.63) is 65.2 Å². The molecule has 140 valence electrons. The number of hydrogen-bond acceptors (Lipinski definition) is 2. The number of amides is 2. The van der Waals surface area contributed by atoms with E-state index >= 15 is 0 Å². The van der Waals surface area contributed by atoms with E-state index < -0.39 is 0 Å². The maximum absolute atomic E-state index is 13.4. The number of para-hydroxylation sites is 1. The standard InChI is InChI=1S/C22H23ClN2O2/c1-13(2)12-17-18-19(20(24-17)15-10-6-7-11-16(15)23)22(27)25(21(18)26)14-8-4-3-5-9-14/h3-11,13,17-20,24H,12H2,1-2H3/p+1/t17-,18-,19+,20+/m1/s1. The van der Waals surface area contributed by atoms with Gasteiger partial charge in [0.15, 0.2) is 0 Å². The summed E-state index contributed by atoms with van der Waals surface area (Å²) in [5, 5.41) is 2.86. The molecule has 4 nitrogen and oxygen atoms in total. The molecule has 0 bridgehead atoms. The predicted octanol–water partition coefficient (Wildman–Crippen LogP) is 3.18. The van der Waals surface area contributed by atoms with Crippen LogP contribution in [-0.2, 0) is 9.59 Å². The zero-order valence-corrected chi connectivity index (χ0v) is 16.3. The maximum atomic E-state index is 13.4. The minimum absolute atomic E-state index is 0.0762. The second-order valence-corrected chi connectivity index (χ2v) is 8.34. The number of nitrogens with zero attached hydrogens (tertiary/aromatic N) is 1. The van der Waals surface area contributed by atoms with Gasteiger partial charge < -0.3 is 5.32 Å². The summed E-state index contributed by atoms with van der Waals surface area (Å²) in [6.45, 7) is 4.31. The van der Waals surface area contributed by atoms with E-state index in [1.807, 2.05) is 54.6 Å². The highest BCUT2D eigenvalue weighted by Crippen LogP contribution is 2.43. The zero-order valence-electron chi connectivity index (χ0n) is 15.5. The van der Waals surface area contributed by atoms with Crippen molar-refractivity contribution in [1.82, 2.24) is 0 Å². The van der Waals surface area contributed by atoms with E-state index in [2.05, 4.69) is 19.2 Å². The van der Waals surface area contributed by atoms with Crippen molar-refractivity contribution in [3.8, 4) is 0 Å². The summed E-state index contributed by atoms with van der Waals surface area (Å²) in [7, 11) is 0. The number of fused-ring (bicyclic) bond motifs is 1. The lowest BCUT2D eigenvalue weighted by Gasteiger charge is -2.21. The Labute approximate surface area is 164 Å². The summed E-state index contributed by atoms with van der Waals surface area (Å²) in [6, 6.07) is 16.9. The van der Waals surface area contributed by atoms with Gasteiger partial charge in [-0.3, -0.25) is 9.59 Å².